The summed E-state index contributed by atoms with van der Waals surface area (Å²) in [7, 11) is 10.7. The normalized spacial score (nSPS) is 15.9. The number of likely N-dealkylation sites (N-methyl/N-ethyl adjacent to an activating group) is 1. The third kappa shape index (κ3) is 54.6. The van der Waals surface area contributed by atoms with Gasteiger partial charge >= 0.3 is 12.1 Å². The number of nitrogens with one attached hydrogen (secondary N) is 1. The first-order chi connectivity index (χ1) is 43.2. The predicted molar refractivity (Wildman–Crippen MR) is 377 cm³/mol. The number of carbonyl (C=O) groups is 8. The van der Waals surface area contributed by atoms with Crippen LogP contribution in [0.4, 0.5) is 9.59 Å². The lowest BCUT2D eigenvalue weighted by Crippen LogP contribution is -2.60. The topological polar surface area (TPSA) is 275 Å². The number of Topliss-reactive ketones (excluding diaryl/α,β-unsaturated/α-hetero) is 2. The van der Waals surface area contributed by atoms with Crippen LogP contribution >= 0.6 is 0 Å². The minimum Gasteiger partial charge on any atom is -0.449 e. The second kappa shape index (κ2) is 55.5. The van der Waals surface area contributed by atoms with Crippen molar-refractivity contribution in [2.24, 2.45) is 59.2 Å². The quantitative estimate of drug-likeness (QED) is 0.0436. The van der Waals surface area contributed by atoms with E-state index in [1.165, 1.54) is 0 Å². The Morgan fingerprint density at radius 1 is 0.489 bits per heavy atom. The Hall–Kier alpha value is -4.52. The number of ether oxygens (including phenoxy) is 5. The summed E-state index contributed by atoms with van der Waals surface area (Å²) in [5, 5.41) is 32.2. The molecule has 1 rings (SSSR count). The van der Waals surface area contributed by atoms with Crippen molar-refractivity contribution in [1.29, 1.82) is 0 Å². The number of rotatable bonds is 34. The standard InChI is InChI=1S/C14H28O6.C13H26N2O2.C12H23NO2.C11H24N2O.C11H21NO3.C10H21NO2/c1-8(2)6-18-13-10(5-15)20-14(12(17)11(13)16)19-7-9(3)4;1-10(2)7-8-14(5)12(16)9-13(17)15(6)11(3)4;1-9(2)5-6-11(14)8-13-12(15)7-10(3)4;1-9(2)7-12(5)11(14)13(6)8-10(3)4;1-8(2)10(13)6-15-7-11(14)12(5)9(3)4;1-8(2)6-11(5)10(12)13-7-9(3)4/h8-17H,5-7H2,1-4H3;10-11H,7-9H2,1-6H3;9-10H,5-8H2,1-4H3,(H,13,15);9-10H,7-8H2,1-6H3;8-9H,6-7H2,1-5H3;8-9H,6-7H2,1-5H3/t10?,11-,12?,13+,14-;;;;;/m0...../s1. The molecule has 0 aromatic heterocycles. The van der Waals surface area contributed by atoms with Gasteiger partial charge in [0.1, 0.15) is 44.1 Å². The Morgan fingerprint density at radius 2 is 0.936 bits per heavy atom. The van der Waals surface area contributed by atoms with Gasteiger partial charge in [0, 0.05) is 106 Å². The van der Waals surface area contributed by atoms with E-state index in [1.807, 2.05) is 111 Å². The summed E-state index contributed by atoms with van der Waals surface area (Å²) >= 11 is 0. The molecule has 4 N–H and O–H groups in total. The maximum absolute atomic E-state index is 11.8. The van der Waals surface area contributed by atoms with Crippen LogP contribution in [-0.4, -0.2) is 249 Å². The lowest BCUT2D eigenvalue weighted by Gasteiger charge is -2.42. The van der Waals surface area contributed by atoms with Gasteiger partial charge < -0.3 is 73.7 Å². The SMILES string of the molecule is CC(C)C(=O)COCC(=O)N(C)C(C)C.CC(C)CCC(=O)CNC(=O)CC(C)C.CC(C)CCN(C)C(=O)CC(=O)N(C)C(C)C.CC(C)CN(C)C(=O)N(C)CC(C)C.CC(C)COC(=O)N(C)CC(C)C.CC(C)CO[C@H]1OC(CO)[C@@H](OCC(C)C)[C@@H](O)C1O. The number of hydrogen-bond donors (Lipinski definition) is 4. The van der Waals surface area contributed by atoms with E-state index in [9.17, 15) is 53.7 Å². The molecule has 0 spiro atoms. The van der Waals surface area contributed by atoms with Crippen LogP contribution in [0.2, 0.25) is 0 Å². The van der Waals surface area contributed by atoms with Gasteiger partial charge in [0.05, 0.1) is 26.4 Å². The molecule has 0 saturated carbocycles. The molecule has 7 amide bonds. The summed E-state index contributed by atoms with van der Waals surface area (Å²) in [5.41, 5.74) is 0. The molecule has 1 aliphatic heterocycles. The Bertz CT molecular complexity index is 2000. The van der Waals surface area contributed by atoms with E-state index in [1.54, 1.807) is 57.6 Å². The molecule has 0 aromatic carbocycles. The molecule has 1 fully saturated rings. The second-order valence-electron chi connectivity index (χ2n) is 29.5. The lowest BCUT2D eigenvalue weighted by atomic mass is 9.99. The average molecular weight is 1350 g/mol. The van der Waals surface area contributed by atoms with E-state index in [-0.39, 0.29) is 110 Å². The van der Waals surface area contributed by atoms with Crippen molar-refractivity contribution in [1.82, 2.24) is 34.7 Å². The Balaban J connectivity index is -0.000000339. The first-order valence-corrected chi connectivity index (χ1v) is 34.5. The average Bonchev–Trinajstić information content (AvgIpc) is 0.822. The van der Waals surface area contributed by atoms with Crippen LogP contribution < -0.4 is 5.32 Å². The van der Waals surface area contributed by atoms with Crippen LogP contribution in [0.25, 0.3) is 0 Å². The molecule has 2 unspecified atom stereocenters. The third-order valence-electron chi connectivity index (χ3n) is 13.8. The van der Waals surface area contributed by atoms with Gasteiger partial charge in [-0.2, -0.15) is 0 Å². The molecule has 0 bridgehead atoms. The van der Waals surface area contributed by atoms with Gasteiger partial charge in [0.2, 0.25) is 23.6 Å². The Kier molecular flexibility index (Phi) is 57.9. The number of nitrogens with zero attached hydrogens (tertiary/aromatic N) is 6. The number of aliphatic hydroxyl groups excluding tert-OH is 3. The fraction of sp³-hybridized carbons (Fsp3) is 0.887. The van der Waals surface area contributed by atoms with E-state index < -0.39 is 30.7 Å². The van der Waals surface area contributed by atoms with Gasteiger partial charge in [0.15, 0.2) is 17.9 Å². The number of amides is 7. The van der Waals surface area contributed by atoms with Crippen LogP contribution in [-0.2, 0) is 52.5 Å². The minimum absolute atomic E-state index is 0.0207. The number of hydrogen-bond acceptors (Lipinski definition) is 16. The predicted octanol–water partition coefficient (Wildman–Crippen LogP) is 9.78. The van der Waals surface area contributed by atoms with Gasteiger partial charge in [-0.3, -0.25) is 28.8 Å². The number of ketones is 2. The molecule has 0 radical (unpaired) electrons. The van der Waals surface area contributed by atoms with Crippen molar-refractivity contribution in [3.63, 3.8) is 0 Å². The van der Waals surface area contributed by atoms with E-state index in [0.29, 0.717) is 74.1 Å². The monoisotopic (exact) mass is 1350 g/mol. The highest BCUT2D eigenvalue weighted by molar-refractivity contribution is 5.96. The fourth-order valence-electron chi connectivity index (χ4n) is 7.73. The Morgan fingerprint density at radius 3 is 1.34 bits per heavy atom. The number of urea groups is 1. The van der Waals surface area contributed by atoms with Gasteiger partial charge in [0.25, 0.3) is 0 Å². The molecule has 23 nitrogen and oxygen atoms in total. The van der Waals surface area contributed by atoms with Crippen molar-refractivity contribution >= 4 is 47.3 Å². The molecule has 1 aliphatic rings. The van der Waals surface area contributed by atoms with Gasteiger partial charge in [-0.1, -0.05) is 138 Å². The number of aliphatic hydroxyl groups is 3. The maximum atomic E-state index is 11.8. The summed E-state index contributed by atoms with van der Waals surface area (Å²) in [6.45, 7) is 52.7. The van der Waals surface area contributed by atoms with E-state index in [0.717, 1.165) is 39.0 Å². The molecular formula is C71H143N7O16. The molecule has 1 saturated heterocycles. The minimum atomic E-state index is -1.19. The van der Waals surface area contributed by atoms with Gasteiger partial charge in [-0.15, -0.1) is 0 Å². The lowest BCUT2D eigenvalue weighted by molar-refractivity contribution is -0.309. The zero-order valence-electron chi connectivity index (χ0n) is 65.0. The van der Waals surface area contributed by atoms with Crippen molar-refractivity contribution < 1.29 is 77.4 Å². The van der Waals surface area contributed by atoms with Crippen LogP contribution in [0.5, 0.6) is 0 Å². The second-order valence-corrected chi connectivity index (χ2v) is 29.5. The molecule has 1 heterocycles. The van der Waals surface area contributed by atoms with Crippen molar-refractivity contribution in [3.05, 3.63) is 0 Å². The van der Waals surface area contributed by atoms with E-state index >= 15 is 0 Å². The van der Waals surface area contributed by atoms with Crippen LogP contribution in [0.15, 0.2) is 0 Å². The zero-order chi connectivity index (χ0) is 74.5. The van der Waals surface area contributed by atoms with E-state index in [2.05, 4.69) is 74.6 Å². The summed E-state index contributed by atoms with van der Waals surface area (Å²) < 4.78 is 26.6. The fourth-order valence-corrected chi connectivity index (χ4v) is 7.73. The number of carbonyl (C=O) groups excluding carboxylic acids is 8. The van der Waals surface area contributed by atoms with Crippen LogP contribution in [0, 0.1) is 59.2 Å². The molecule has 23 heteroatoms. The van der Waals surface area contributed by atoms with Gasteiger partial charge in [-0.25, -0.2) is 9.59 Å². The summed E-state index contributed by atoms with van der Waals surface area (Å²) in [6, 6.07) is 0.408. The highest BCUT2D eigenvalue weighted by atomic mass is 16.7. The summed E-state index contributed by atoms with van der Waals surface area (Å²) in [5.74, 6) is 3.74. The molecular weight excluding hydrogens is 1210 g/mol. The first-order valence-electron chi connectivity index (χ1n) is 34.5. The zero-order valence-corrected chi connectivity index (χ0v) is 65.0. The molecule has 0 aliphatic carbocycles. The first kappa shape index (κ1) is 98.2. The molecule has 0 aromatic rings. The molecule has 558 valence electrons. The van der Waals surface area contributed by atoms with E-state index in [4.69, 9.17) is 23.7 Å². The third-order valence-corrected chi connectivity index (χ3v) is 13.8. The van der Waals surface area contributed by atoms with Gasteiger partial charge in [-0.05, 0) is 93.8 Å². The summed E-state index contributed by atoms with van der Waals surface area (Å²) in [4.78, 5) is 102. The Labute approximate surface area is 572 Å². The summed E-state index contributed by atoms with van der Waals surface area (Å²) in [6.07, 6.45) is -2.03. The van der Waals surface area contributed by atoms with Crippen molar-refractivity contribution in [2.75, 3.05) is 115 Å². The van der Waals surface area contributed by atoms with Crippen LogP contribution in [0.3, 0.4) is 0 Å². The van der Waals surface area contributed by atoms with Crippen molar-refractivity contribution in [2.45, 2.75) is 241 Å². The smallest absolute Gasteiger partial charge is 0.409 e. The highest BCUT2D eigenvalue weighted by Gasteiger charge is 2.45. The maximum Gasteiger partial charge on any atom is 0.409 e. The molecule has 94 heavy (non-hydrogen) atoms. The largest absolute Gasteiger partial charge is 0.449 e. The molecule has 5 atom stereocenters. The van der Waals surface area contributed by atoms with Crippen LogP contribution in [0.1, 0.15) is 198 Å². The highest BCUT2D eigenvalue weighted by Crippen LogP contribution is 2.25. The van der Waals surface area contributed by atoms with Crippen molar-refractivity contribution in [3.8, 4) is 0 Å².